The number of carbonyl (C=O) groups is 1. The third kappa shape index (κ3) is 4.75. The molecule has 1 N–H and O–H groups in total. The first-order chi connectivity index (χ1) is 4.87. The Bertz CT molecular complexity index is 160. The fourth-order valence-corrected chi connectivity index (χ4v) is 1.54. The van der Waals surface area contributed by atoms with Gasteiger partial charge in [0.15, 0.2) is 14.4 Å². The molecular weight excluding hydrogens is 160 g/mol. The molecule has 0 aromatic heterocycles. The van der Waals surface area contributed by atoms with E-state index in [9.17, 15) is 4.79 Å². The highest BCUT2D eigenvalue weighted by molar-refractivity contribution is 6.69. The Hall–Kier alpha value is -0.613. The van der Waals surface area contributed by atoms with Crippen molar-refractivity contribution in [3.63, 3.8) is 0 Å². The highest BCUT2D eigenvalue weighted by Gasteiger charge is 2.23. The van der Waals surface area contributed by atoms with Crippen molar-refractivity contribution < 1.29 is 14.3 Å². The molecule has 0 aliphatic rings. The van der Waals surface area contributed by atoms with Gasteiger partial charge in [0, 0.05) is 0 Å². The summed E-state index contributed by atoms with van der Waals surface area (Å²) in [5.74, 6) is -0.970. The van der Waals surface area contributed by atoms with E-state index in [0.29, 0.717) is 0 Å². The van der Waals surface area contributed by atoms with E-state index in [4.69, 9.17) is 9.53 Å². The van der Waals surface area contributed by atoms with Gasteiger partial charge in [-0.05, 0) is 19.6 Å². The smallest absolute Gasteiger partial charge is 0.335 e. The van der Waals surface area contributed by atoms with Crippen LogP contribution in [0.15, 0.2) is 12.7 Å². The first-order valence-corrected chi connectivity index (χ1v) is 6.81. The summed E-state index contributed by atoms with van der Waals surface area (Å²) in [6, 6.07) is 0. The average molecular weight is 174 g/mol. The minimum Gasteiger partial charge on any atom is -0.479 e. The third-order valence-corrected chi connectivity index (χ3v) is 1.90. The van der Waals surface area contributed by atoms with E-state index in [1.165, 1.54) is 6.08 Å². The van der Waals surface area contributed by atoms with Crippen LogP contribution in [0.1, 0.15) is 0 Å². The average Bonchev–Trinajstić information content (AvgIpc) is 1.80. The Morgan fingerprint density at radius 1 is 1.64 bits per heavy atom. The zero-order valence-corrected chi connectivity index (χ0v) is 8.13. The van der Waals surface area contributed by atoms with Gasteiger partial charge in [0.25, 0.3) is 0 Å². The Morgan fingerprint density at radius 3 is 2.18 bits per heavy atom. The Morgan fingerprint density at radius 2 is 2.09 bits per heavy atom. The molecule has 1 unspecified atom stereocenters. The summed E-state index contributed by atoms with van der Waals surface area (Å²) in [4.78, 5) is 10.4. The largest absolute Gasteiger partial charge is 0.479 e. The Labute approximate surface area is 67.8 Å². The van der Waals surface area contributed by atoms with Gasteiger partial charge in [-0.3, -0.25) is 0 Å². The van der Waals surface area contributed by atoms with Crippen LogP contribution in [-0.4, -0.2) is 25.5 Å². The minimum absolute atomic E-state index is 0.846. The van der Waals surface area contributed by atoms with E-state index < -0.39 is 20.4 Å². The maximum Gasteiger partial charge on any atom is 0.335 e. The normalized spacial score (nSPS) is 14.1. The molecule has 64 valence electrons. The molecule has 0 spiro atoms. The van der Waals surface area contributed by atoms with Crippen LogP contribution in [0.4, 0.5) is 0 Å². The predicted molar refractivity (Wildman–Crippen MR) is 46.1 cm³/mol. The molecule has 4 heteroatoms. The van der Waals surface area contributed by atoms with Crippen LogP contribution in [0.2, 0.25) is 19.6 Å². The molecule has 11 heavy (non-hydrogen) atoms. The second kappa shape index (κ2) is 3.68. The molecule has 0 radical (unpaired) electrons. The van der Waals surface area contributed by atoms with Gasteiger partial charge < -0.3 is 9.53 Å². The summed E-state index contributed by atoms with van der Waals surface area (Å²) in [5, 5.41) is 8.56. The zero-order valence-electron chi connectivity index (χ0n) is 7.13. The minimum atomic E-state index is -1.76. The molecular formula is C7H14O3Si. The fourth-order valence-electron chi connectivity index (χ4n) is 0.580. The van der Waals surface area contributed by atoms with Crippen molar-refractivity contribution in [1.82, 2.24) is 0 Å². The summed E-state index contributed by atoms with van der Waals surface area (Å²) in [6.07, 6.45) is 0.460. The molecule has 0 aliphatic heterocycles. The topological polar surface area (TPSA) is 46.5 Å². The van der Waals surface area contributed by atoms with E-state index in [-0.39, 0.29) is 0 Å². The lowest BCUT2D eigenvalue weighted by atomic mass is 10.4. The van der Waals surface area contributed by atoms with Gasteiger partial charge in [-0.15, -0.1) is 0 Å². The molecule has 0 amide bonds. The van der Waals surface area contributed by atoms with Crippen molar-refractivity contribution in [3.05, 3.63) is 12.7 Å². The first-order valence-electron chi connectivity index (χ1n) is 3.40. The van der Waals surface area contributed by atoms with Crippen LogP contribution >= 0.6 is 0 Å². The molecule has 0 aromatic carbocycles. The van der Waals surface area contributed by atoms with Gasteiger partial charge in [0.05, 0.1) is 0 Å². The van der Waals surface area contributed by atoms with Crippen molar-refractivity contribution in [3.8, 4) is 0 Å². The number of rotatable bonds is 4. The summed E-state index contributed by atoms with van der Waals surface area (Å²) >= 11 is 0. The maximum absolute atomic E-state index is 10.4. The molecule has 0 fully saturated rings. The fraction of sp³-hybridized carbons (Fsp3) is 0.571. The molecule has 0 saturated heterocycles. The van der Waals surface area contributed by atoms with Gasteiger partial charge >= 0.3 is 5.97 Å². The number of hydrogen-bond donors (Lipinski definition) is 1. The highest BCUT2D eigenvalue weighted by atomic mass is 28.4. The van der Waals surface area contributed by atoms with E-state index in [0.717, 1.165) is 0 Å². The van der Waals surface area contributed by atoms with E-state index in [1.807, 2.05) is 19.6 Å². The summed E-state index contributed by atoms with van der Waals surface area (Å²) in [6.45, 7) is 9.19. The van der Waals surface area contributed by atoms with Crippen LogP contribution in [0, 0.1) is 0 Å². The second-order valence-electron chi connectivity index (χ2n) is 3.22. The van der Waals surface area contributed by atoms with Gasteiger partial charge in [-0.1, -0.05) is 12.7 Å². The third-order valence-electron chi connectivity index (χ3n) is 0.938. The zero-order chi connectivity index (χ0) is 9.07. The van der Waals surface area contributed by atoms with Crippen LogP contribution in [0.25, 0.3) is 0 Å². The second-order valence-corrected chi connectivity index (χ2v) is 7.69. The van der Waals surface area contributed by atoms with Crippen molar-refractivity contribution in [2.45, 2.75) is 25.7 Å². The molecule has 1 atom stereocenters. The van der Waals surface area contributed by atoms with Crippen LogP contribution in [0.3, 0.4) is 0 Å². The SMILES string of the molecule is C=CC(O[Si](C)(C)C)C(=O)O. The van der Waals surface area contributed by atoms with E-state index in [1.54, 1.807) is 0 Å². The molecule has 0 aliphatic carbocycles. The maximum atomic E-state index is 10.4. The van der Waals surface area contributed by atoms with Gasteiger partial charge in [0.2, 0.25) is 0 Å². The number of aliphatic carboxylic acids is 1. The summed E-state index contributed by atoms with van der Waals surface area (Å²) in [7, 11) is -1.76. The lowest BCUT2D eigenvalue weighted by Gasteiger charge is -2.20. The lowest BCUT2D eigenvalue weighted by molar-refractivity contribution is -0.143. The molecule has 0 saturated carbocycles. The van der Waals surface area contributed by atoms with Crippen LogP contribution in [-0.2, 0) is 9.22 Å². The Kier molecular flexibility index (Phi) is 3.48. The molecule has 0 heterocycles. The number of hydrogen-bond acceptors (Lipinski definition) is 2. The van der Waals surface area contributed by atoms with Crippen molar-refractivity contribution in [2.75, 3.05) is 0 Å². The monoisotopic (exact) mass is 174 g/mol. The summed E-state index contributed by atoms with van der Waals surface area (Å²) in [5.41, 5.74) is 0. The summed E-state index contributed by atoms with van der Waals surface area (Å²) < 4.78 is 5.27. The highest BCUT2D eigenvalue weighted by Crippen LogP contribution is 2.07. The van der Waals surface area contributed by atoms with Crippen molar-refractivity contribution in [1.29, 1.82) is 0 Å². The van der Waals surface area contributed by atoms with Gasteiger partial charge in [-0.25, -0.2) is 4.79 Å². The quantitative estimate of drug-likeness (QED) is 0.518. The van der Waals surface area contributed by atoms with E-state index >= 15 is 0 Å². The number of carboxylic acid groups (broad SMARTS) is 1. The van der Waals surface area contributed by atoms with E-state index in [2.05, 4.69) is 6.58 Å². The lowest BCUT2D eigenvalue weighted by Crippen LogP contribution is -2.35. The van der Waals surface area contributed by atoms with Crippen molar-refractivity contribution >= 4 is 14.3 Å². The predicted octanol–water partition coefficient (Wildman–Crippen LogP) is 1.48. The molecule has 0 bridgehead atoms. The van der Waals surface area contributed by atoms with Gasteiger partial charge in [-0.2, -0.15) is 0 Å². The van der Waals surface area contributed by atoms with Crippen LogP contribution < -0.4 is 0 Å². The number of carboxylic acids is 1. The van der Waals surface area contributed by atoms with Crippen molar-refractivity contribution in [2.24, 2.45) is 0 Å². The molecule has 0 aromatic rings. The Balaban J connectivity index is 4.10. The molecule has 3 nitrogen and oxygen atoms in total. The molecule has 0 rings (SSSR count). The van der Waals surface area contributed by atoms with Gasteiger partial charge in [0.1, 0.15) is 0 Å². The van der Waals surface area contributed by atoms with Crippen LogP contribution in [0.5, 0.6) is 0 Å². The first kappa shape index (κ1) is 10.4. The standard InChI is InChI=1S/C7H14O3Si/c1-5-6(7(8)9)10-11(2,3)4/h5-6H,1H2,2-4H3,(H,8,9).